The summed E-state index contributed by atoms with van der Waals surface area (Å²) in [5.74, 6) is 1.97. The Labute approximate surface area is 117 Å². The van der Waals surface area contributed by atoms with Gasteiger partial charge in [0.2, 0.25) is 0 Å². The van der Waals surface area contributed by atoms with Gasteiger partial charge in [0.05, 0.1) is 11.4 Å². The van der Waals surface area contributed by atoms with Crippen molar-refractivity contribution in [1.29, 1.82) is 0 Å². The van der Waals surface area contributed by atoms with E-state index in [1.165, 1.54) is 0 Å². The number of imide groups is 1. The highest BCUT2D eigenvalue weighted by atomic mass is 79.9. The molecule has 0 aliphatic carbocycles. The minimum Gasteiger partial charge on any atom is -0.268 e. The molecule has 1 saturated heterocycles. The monoisotopic (exact) mass is 321 g/mol. The van der Waals surface area contributed by atoms with Gasteiger partial charge in [-0.25, -0.2) is 0 Å². The molecule has 90 valence electrons. The third-order valence-electron chi connectivity index (χ3n) is 2.27. The molecule has 2 rings (SSSR count). The van der Waals surface area contributed by atoms with Crippen LogP contribution >= 0.6 is 27.7 Å². The third kappa shape index (κ3) is 2.66. The van der Waals surface area contributed by atoms with Gasteiger partial charge in [-0.1, -0.05) is 34.0 Å². The van der Waals surface area contributed by atoms with Crippen LogP contribution in [0.2, 0.25) is 0 Å². The quantitative estimate of drug-likeness (QED) is 0.620. The van der Waals surface area contributed by atoms with Crippen molar-refractivity contribution >= 4 is 44.9 Å². The SMILES string of the molecule is C#CCN1C(=O)S/C(=C\c2cccc(Br)c2)C1=O. The zero-order valence-corrected chi connectivity index (χ0v) is 11.6. The van der Waals surface area contributed by atoms with Gasteiger partial charge in [-0.15, -0.1) is 6.42 Å². The minimum atomic E-state index is -0.331. The molecular weight excluding hydrogens is 314 g/mol. The molecule has 0 spiro atoms. The Balaban J connectivity index is 2.28. The summed E-state index contributed by atoms with van der Waals surface area (Å²) in [6.45, 7) is 0.0144. The number of benzene rings is 1. The summed E-state index contributed by atoms with van der Waals surface area (Å²) >= 11 is 4.26. The van der Waals surface area contributed by atoms with Gasteiger partial charge in [-0.05, 0) is 35.5 Å². The highest BCUT2D eigenvalue weighted by molar-refractivity contribution is 9.10. The van der Waals surface area contributed by atoms with Crippen LogP contribution in [0.1, 0.15) is 5.56 Å². The van der Waals surface area contributed by atoms with E-state index >= 15 is 0 Å². The lowest BCUT2D eigenvalue weighted by Crippen LogP contribution is -2.28. The summed E-state index contributed by atoms with van der Waals surface area (Å²) in [5, 5.41) is -0.320. The summed E-state index contributed by atoms with van der Waals surface area (Å²) in [7, 11) is 0. The number of rotatable bonds is 2. The molecule has 0 unspecified atom stereocenters. The first-order valence-corrected chi connectivity index (χ1v) is 6.67. The predicted molar refractivity (Wildman–Crippen MR) is 75.7 cm³/mol. The van der Waals surface area contributed by atoms with Crippen molar-refractivity contribution in [2.45, 2.75) is 0 Å². The molecule has 1 aliphatic heterocycles. The fourth-order valence-electron chi connectivity index (χ4n) is 1.48. The van der Waals surface area contributed by atoms with Crippen molar-refractivity contribution in [3.8, 4) is 12.3 Å². The van der Waals surface area contributed by atoms with E-state index in [0.717, 1.165) is 26.7 Å². The van der Waals surface area contributed by atoms with E-state index in [0.29, 0.717) is 4.91 Å². The summed E-state index contributed by atoms with van der Waals surface area (Å²) in [6, 6.07) is 7.48. The molecule has 0 saturated carbocycles. The number of hydrogen-bond acceptors (Lipinski definition) is 3. The molecule has 1 heterocycles. The molecule has 1 aromatic rings. The van der Waals surface area contributed by atoms with Crippen molar-refractivity contribution in [1.82, 2.24) is 4.90 Å². The van der Waals surface area contributed by atoms with Gasteiger partial charge in [0.15, 0.2) is 0 Å². The van der Waals surface area contributed by atoms with Crippen molar-refractivity contribution in [2.24, 2.45) is 0 Å². The van der Waals surface area contributed by atoms with Gasteiger partial charge in [0, 0.05) is 4.47 Å². The topological polar surface area (TPSA) is 37.4 Å². The van der Waals surface area contributed by atoms with E-state index in [2.05, 4.69) is 21.9 Å². The largest absolute Gasteiger partial charge is 0.294 e. The van der Waals surface area contributed by atoms with Crippen LogP contribution in [-0.2, 0) is 4.79 Å². The Hall–Kier alpha value is -1.51. The predicted octanol–water partition coefficient (Wildman–Crippen LogP) is 3.12. The summed E-state index contributed by atoms with van der Waals surface area (Å²) < 4.78 is 0.916. The molecule has 0 radical (unpaired) electrons. The van der Waals surface area contributed by atoms with E-state index in [9.17, 15) is 9.59 Å². The maximum Gasteiger partial charge on any atom is 0.294 e. The number of nitrogens with zero attached hydrogens (tertiary/aromatic N) is 1. The van der Waals surface area contributed by atoms with Crippen LogP contribution in [0.25, 0.3) is 6.08 Å². The smallest absolute Gasteiger partial charge is 0.268 e. The van der Waals surface area contributed by atoms with Crippen molar-refractivity contribution < 1.29 is 9.59 Å². The van der Waals surface area contributed by atoms with Crippen LogP contribution in [0.15, 0.2) is 33.6 Å². The Bertz CT molecular complexity index is 589. The lowest BCUT2D eigenvalue weighted by Gasteiger charge is -2.06. The summed E-state index contributed by atoms with van der Waals surface area (Å²) in [4.78, 5) is 24.9. The van der Waals surface area contributed by atoms with E-state index in [1.807, 2.05) is 24.3 Å². The maximum atomic E-state index is 11.9. The molecule has 18 heavy (non-hydrogen) atoms. The lowest BCUT2D eigenvalue weighted by molar-refractivity contribution is -0.122. The van der Waals surface area contributed by atoms with Crippen molar-refractivity contribution in [3.63, 3.8) is 0 Å². The molecule has 1 aliphatic rings. The second-order valence-electron chi connectivity index (χ2n) is 3.53. The molecule has 0 aromatic heterocycles. The first-order valence-electron chi connectivity index (χ1n) is 5.06. The molecule has 2 amide bonds. The van der Waals surface area contributed by atoms with E-state index in [4.69, 9.17) is 6.42 Å². The van der Waals surface area contributed by atoms with Crippen LogP contribution in [-0.4, -0.2) is 22.6 Å². The summed E-state index contributed by atoms with van der Waals surface area (Å²) in [5.41, 5.74) is 0.857. The van der Waals surface area contributed by atoms with Crippen LogP contribution < -0.4 is 0 Å². The first kappa shape index (κ1) is 12.9. The second kappa shape index (κ2) is 5.42. The van der Waals surface area contributed by atoms with Gasteiger partial charge < -0.3 is 0 Å². The highest BCUT2D eigenvalue weighted by Gasteiger charge is 2.34. The lowest BCUT2D eigenvalue weighted by atomic mass is 10.2. The molecule has 1 aromatic carbocycles. The number of hydrogen-bond donors (Lipinski definition) is 0. The maximum absolute atomic E-state index is 11.9. The number of halogens is 1. The average Bonchev–Trinajstić information content (AvgIpc) is 2.57. The Morgan fingerprint density at radius 3 is 2.89 bits per heavy atom. The Kier molecular flexibility index (Phi) is 3.90. The Morgan fingerprint density at radius 1 is 1.44 bits per heavy atom. The van der Waals surface area contributed by atoms with E-state index in [-0.39, 0.29) is 17.7 Å². The number of amides is 2. The molecular formula is C13H8BrNO2S. The van der Waals surface area contributed by atoms with Gasteiger partial charge in [-0.3, -0.25) is 14.5 Å². The molecule has 5 heteroatoms. The van der Waals surface area contributed by atoms with Gasteiger partial charge in [0.1, 0.15) is 0 Å². The zero-order chi connectivity index (χ0) is 13.1. The van der Waals surface area contributed by atoms with Crippen LogP contribution in [0.5, 0.6) is 0 Å². The third-order valence-corrected chi connectivity index (χ3v) is 3.67. The van der Waals surface area contributed by atoms with Crippen LogP contribution in [0, 0.1) is 12.3 Å². The average molecular weight is 322 g/mol. The molecule has 0 bridgehead atoms. The van der Waals surface area contributed by atoms with E-state index < -0.39 is 0 Å². The first-order chi connectivity index (χ1) is 8.61. The molecule has 1 fully saturated rings. The normalized spacial score (nSPS) is 17.3. The van der Waals surface area contributed by atoms with Crippen molar-refractivity contribution in [3.05, 3.63) is 39.2 Å². The number of thioether (sulfide) groups is 1. The number of carbonyl (C=O) groups excluding carboxylic acids is 2. The number of carbonyl (C=O) groups is 2. The van der Waals surface area contributed by atoms with Gasteiger partial charge in [0.25, 0.3) is 11.1 Å². The van der Waals surface area contributed by atoms with Gasteiger partial charge >= 0.3 is 0 Å². The second-order valence-corrected chi connectivity index (χ2v) is 5.44. The molecule has 0 atom stereocenters. The molecule has 3 nitrogen and oxygen atoms in total. The van der Waals surface area contributed by atoms with Crippen molar-refractivity contribution in [2.75, 3.05) is 6.54 Å². The van der Waals surface area contributed by atoms with Crippen LogP contribution in [0.4, 0.5) is 4.79 Å². The van der Waals surface area contributed by atoms with E-state index in [1.54, 1.807) is 6.08 Å². The minimum absolute atomic E-state index is 0.0144. The molecule has 0 N–H and O–H groups in total. The van der Waals surface area contributed by atoms with Gasteiger partial charge in [-0.2, -0.15) is 0 Å². The Morgan fingerprint density at radius 2 is 2.22 bits per heavy atom. The standard InChI is InChI=1S/C13H8BrNO2S/c1-2-6-15-12(16)11(18-13(15)17)8-9-4-3-5-10(14)7-9/h1,3-5,7-8H,6H2/b11-8-. The zero-order valence-electron chi connectivity index (χ0n) is 9.22. The number of terminal acetylenes is 1. The summed E-state index contributed by atoms with van der Waals surface area (Å²) in [6.07, 6.45) is 6.81. The fraction of sp³-hybridized carbons (Fsp3) is 0.0769. The fourth-order valence-corrected chi connectivity index (χ4v) is 2.73. The highest BCUT2D eigenvalue weighted by Crippen LogP contribution is 2.32. The van der Waals surface area contributed by atoms with Crippen LogP contribution in [0.3, 0.4) is 0 Å².